The molecule has 2 N–H and O–H groups in total. The second kappa shape index (κ2) is 5.31. The van der Waals surface area contributed by atoms with Gasteiger partial charge in [0.1, 0.15) is 12.2 Å². The molecular formula is C15H20N2O3. The molecule has 0 unspecified atom stereocenters. The maximum Gasteiger partial charge on any atom is 0.323 e. The fourth-order valence-electron chi connectivity index (χ4n) is 2.97. The van der Waals surface area contributed by atoms with Gasteiger partial charge in [0.05, 0.1) is 0 Å². The minimum Gasteiger partial charge on any atom is -0.480 e. The van der Waals surface area contributed by atoms with E-state index in [1.807, 2.05) is 0 Å². The summed E-state index contributed by atoms with van der Waals surface area (Å²) in [6, 6.07) is 3.37. The third kappa shape index (κ3) is 3.03. The number of carboxylic acids is 1. The van der Waals surface area contributed by atoms with Gasteiger partial charge in [-0.1, -0.05) is 0 Å². The summed E-state index contributed by atoms with van der Waals surface area (Å²) in [7, 11) is 0. The Balaban J connectivity index is 1.58. The van der Waals surface area contributed by atoms with Crippen molar-refractivity contribution in [2.24, 2.45) is 17.8 Å². The molecule has 5 heteroatoms. The molecule has 2 fully saturated rings. The number of rotatable bonds is 7. The van der Waals surface area contributed by atoms with E-state index in [-0.39, 0.29) is 12.5 Å². The van der Waals surface area contributed by atoms with Crippen molar-refractivity contribution >= 4 is 11.9 Å². The topological polar surface area (TPSA) is 71.3 Å². The Morgan fingerprint density at radius 3 is 2.50 bits per heavy atom. The fraction of sp³-hybridized carbons (Fsp3) is 0.600. The van der Waals surface area contributed by atoms with Crippen molar-refractivity contribution in [3.8, 4) is 0 Å². The average Bonchev–Trinajstić information content (AvgIpc) is 3.30. The molecule has 0 aliphatic heterocycles. The molecule has 1 aromatic rings. The summed E-state index contributed by atoms with van der Waals surface area (Å²) >= 11 is 0. The summed E-state index contributed by atoms with van der Waals surface area (Å²) in [4.78, 5) is 22.9. The number of aliphatic carboxylic acids is 1. The van der Waals surface area contributed by atoms with E-state index in [0.29, 0.717) is 11.6 Å². The zero-order valence-corrected chi connectivity index (χ0v) is 11.4. The SMILES string of the molecule is O=C(O)Cn1cccc1C(=O)NCC(C1CC1)C1CC1. The summed E-state index contributed by atoms with van der Waals surface area (Å²) in [5, 5.41) is 11.8. The quantitative estimate of drug-likeness (QED) is 0.797. The van der Waals surface area contributed by atoms with Crippen molar-refractivity contribution in [2.75, 3.05) is 6.54 Å². The van der Waals surface area contributed by atoms with Crippen molar-refractivity contribution in [3.05, 3.63) is 24.0 Å². The molecule has 0 saturated heterocycles. The van der Waals surface area contributed by atoms with Gasteiger partial charge in [0.15, 0.2) is 0 Å². The van der Waals surface area contributed by atoms with Gasteiger partial charge in [-0.05, 0) is 55.6 Å². The van der Waals surface area contributed by atoms with Gasteiger partial charge in [0.25, 0.3) is 5.91 Å². The van der Waals surface area contributed by atoms with Gasteiger partial charge in [0.2, 0.25) is 0 Å². The van der Waals surface area contributed by atoms with Crippen LogP contribution in [0, 0.1) is 17.8 Å². The highest BCUT2D eigenvalue weighted by atomic mass is 16.4. The lowest BCUT2D eigenvalue weighted by atomic mass is 9.98. The molecular weight excluding hydrogens is 256 g/mol. The maximum absolute atomic E-state index is 12.2. The number of hydrogen-bond acceptors (Lipinski definition) is 2. The minimum atomic E-state index is -0.941. The zero-order chi connectivity index (χ0) is 14.1. The van der Waals surface area contributed by atoms with E-state index >= 15 is 0 Å². The van der Waals surface area contributed by atoms with E-state index in [9.17, 15) is 9.59 Å². The summed E-state index contributed by atoms with van der Waals surface area (Å²) in [6.45, 7) is 0.552. The smallest absolute Gasteiger partial charge is 0.323 e. The molecule has 1 aromatic heterocycles. The largest absolute Gasteiger partial charge is 0.480 e. The van der Waals surface area contributed by atoms with E-state index in [1.165, 1.54) is 30.3 Å². The molecule has 20 heavy (non-hydrogen) atoms. The van der Waals surface area contributed by atoms with Crippen molar-refractivity contribution in [1.82, 2.24) is 9.88 Å². The van der Waals surface area contributed by atoms with Gasteiger partial charge in [-0.15, -0.1) is 0 Å². The second-order valence-electron chi connectivity index (χ2n) is 5.96. The zero-order valence-electron chi connectivity index (χ0n) is 11.4. The highest BCUT2D eigenvalue weighted by Gasteiger charge is 2.41. The van der Waals surface area contributed by atoms with Crippen LogP contribution in [0.3, 0.4) is 0 Å². The van der Waals surface area contributed by atoms with Gasteiger partial charge in [-0.25, -0.2) is 0 Å². The van der Waals surface area contributed by atoms with E-state index in [1.54, 1.807) is 18.3 Å². The van der Waals surface area contributed by atoms with Gasteiger partial charge >= 0.3 is 5.97 Å². The number of carbonyl (C=O) groups is 2. The van der Waals surface area contributed by atoms with Gasteiger partial charge in [0, 0.05) is 12.7 Å². The summed E-state index contributed by atoms with van der Waals surface area (Å²) < 4.78 is 1.47. The first-order valence-electron chi connectivity index (χ1n) is 7.30. The summed E-state index contributed by atoms with van der Waals surface area (Å²) in [5.41, 5.74) is 0.428. The molecule has 2 saturated carbocycles. The first kappa shape index (κ1) is 13.2. The molecule has 0 radical (unpaired) electrons. The molecule has 2 aliphatic rings. The number of aromatic nitrogens is 1. The predicted octanol–water partition coefficient (Wildman–Crippen LogP) is 1.74. The van der Waals surface area contributed by atoms with E-state index in [2.05, 4.69) is 5.32 Å². The van der Waals surface area contributed by atoms with Crippen LogP contribution < -0.4 is 5.32 Å². The normalized spacial score (nSPS) is 18.2. The van der Waals surface area contributed by atoms with Crippen LogP contribution in [0.5, 0.6) is 0 Å². The van der Waals surface area contributed by atoms with Crippen molar-refractivity contribution in [2.45, 2.75) is 32.2 Å². The molecule has 1 amide bonds. The Kier molecular flexibility index (Phi) is 3.51. The summed E-state index contributed by atoms with van der Waals surface area (Å²) in [5.74, 6) is 1.12. The lowest BCUT2D eigenvalue weighted by Crippen LogP contribution is -2.32. The van der Waals surface area contributed by atoms with Crippen LogP contribution in [-0.4, -0.2) is 28.1 Å². The highest BCUT2D eigenvalue weighted by molar-refractivity contribution is 5.93. The number of amides is 1. The molecule has 5 nitrogen and oxygen atoms in total. The molecule has 3 rings (SSSR count). The Labute approximate surface area is 118 Å². The lowest BCUT2D eigenvalue weighted by molar-refractivity contribution is -0.137. The number of carboxylic acid groups (broad SMARTS) is 1. The van der Waals surface area contributed by atoms with Crippen LogP contribution in [0.1, 0.15) is 36.2 Å². The molecule has 0 bridgehead atoms. The van der Waals surface area contributed by atoms with Crippen LogP contribution in [0.15, 0.2) is 18.3 Å². The third-order valence-electron chi connectivity index (χ3n) is 4.32. The molecule has 0 atom stereocenters. The molecule has 0 spiro atoms. The first-order valence-corrected chi connectivity index (χ1v) is 7.30. The van der Waals surface area contributed by atoms with Gasteiger partial charge in [-0.3, -0.25) is 9.59 Å². The molecule has 1 heterocycles. The number of hydrogen-bond donors (Lipinski definition) is 2. The summed E-state index contributed by atoms with van der Waals surface area (Å²) in [6.07, 6.45) is 6.82. The monoisotopic (exact) mass is 276 g/mol. The van der Waals surface area contributed by atoms with Crippen LogP contribution in [0.4, 0.5) is 0 Å². The highest BCUT2D eigenvalue weighted by Crippen LogP contribution is 2.48. The van der Waals surface area contributed by atoms with Crippen molar-refractivity contribution in [3.63, 3.8) is 0 Å². The number of carbonyl (C=O) groups excluding carboxylic acids is 1. The minimum absolute atomic E-state index is 0.164. The Hall–Kier alpha value is -1.78. The molecule has 0 aromatic carbocycles. The van der Waals surface area contributed by atoms with E-state index in [4.69, 9.17) is 5.11 Å². The maximum atomic E-state index is 12.2. The van der Waals surface area contributed by atoms with Crippen LogP contribution in [-0.2, 0) is 11.3 Å². The average molecular weight is 276 g/mol. The van der Waals surface area contributed by atoms with Crippen molar-refractivity contribution in [1.29, 1.82) is 0 Å². The van der Waals surface area contributed by atoms with Crippen LogP contribution in [0.25, 0.3) is 0 Å². The first-order chi connectivity index (χ1) is 9.65. The predicted molar refractivity (Wildman–Crippen MR) is 73.3 cm³/mol. The lowest BCUT2D eigenvalue weighted by Gasteiger charge is -2.16. The van der Waals surface area contributed by atoms with Crippen LogP contribution in [0.2, 0.25) is 0 Å². The molecule has 108 valence electrons. The fourth-order valence-corrected chi connectivity index (χ4v) is 2.97. The Bertz CT molecular complexity index is 503. The van der Waals surface area contributed by atoms with E-state index in [0.717, 1.165) is 18.4 Å². The van der Waals surface area contributed by atoms with Crippen LogP contribution >= 0.6 is 0 Å². The van der Waals surface area contributed by atoms with E-state index < -0.39 is 5.97 Å². The Morgan fingerprint density at radius 1 is 1.30 bits per heavy atom. The van der Waals surface area contributed by atoms with Crippen molar-refractivity contribution < 1.29 is 14.7 Å². The second-order valence-corrected chi connectivity index (χ2v) is 5.96. The van der Waals surface area contributed by atoms with Gasteiger partial charge < -0.3 is 15.0 Å². The van der Waals surface area contributed by atoms with Gasteiger partial charge in [-0.2, -0.15) is 0 Å². The standard InChI is InChI=1S/C15H20N2O3/c18-14(19)9-17-7-1-2-13(17)15(20)16-8-12(10-3-4-10)11-5-6-11/h1-2,7,10-12H,3-6,8-9H2,(H,16,20)(H,18,19). The number of nitrogens with one attached hydrogen (secondary N) is 1. The third-order valence-corrected chi connectivity index (χ3v) is 4.32. The number of nitrogens with zero attached hydrogens (tertiary/aromatic N) is 1. The Morgan fingerprint density at radius 2 is 1.95 bits per heavy atom. The molecule has 2 aliphatic carbocycles.